The molecule has 0 spiro atoms. The molecule has 3 heterocycles. The average molecular weight is 344 g/mol. The number of amides is 1. The van der Waals surface area contributed by atoms with E-state index in [0.717, 1.165) is 50.3 Å². The lowest BCUT2D eigenvalue weighted by Crippen LogP contribution is -2.54. The van der Waals surface area contributed by atoms with Gasteiger partial charge in [0.05, 0.1) is 11.8 Å². The molecular formula is C19H28N4O2. The van der Waals surface area contributed by atoms with E-state index in [0.29, 0.717) is 12.6 Å². The highest BCUT2D eigenvalue weighted by Gasteiger charge is 2.42. The van der Waals surface area contributed by atoms with Crippen molar-refractivity contribution in [3.8, 4) is 0 Å². The van der Waals surface area contributed by atoms with E-state index in [1.807, 2.05) is 19.1 Å². The van der Waals surface area contributed by atoms with E-state index >= 15 is 0 Å². The molecule has 1 aromatic rings. The number of nitrogens with zero attached hydrogens (tertiary/aromatic N) is 3. The van der Waals surface area contributed by atoms with Crippen LogP contribution in [0.15, 0.2) is 12.1 Å². The summed E-state index contributed by atoms with van der Waals surface area (Å²) in [7, 11) is 0. The van der Waals surface area contributed by atoms with Crippen LogP contribution in [0.5, 0.6) is 0 Å². The molecule has 6 nitrogen and oxygen atoms in total. The van der Waals surface area contributed by atoms with Crippen LogP contribution < -0.4 is 10.2 Å². The van der Waals surface area contributed by atoms with E-state index < -0.39 is 0 Å². The Morgan fingerprint density at radius 3 is 2.80 bits per heavy atom. The van der Waals surface area contributed by atoms with Crippen molar-refractivity contribution in [2.24, 2.45) is 11.8 Å². The number of hydrogen-bond acceptors (Lipinski definition) is 5. The number of aromatic nitrogens is 2. The Hall–Kier alpha value is -1.69. The third-order valence-corrected chi connectivity index (χ3v) is 6.02. The molecule has 0 aromatic carbocycles. The fourth-order valence-electron chi connectivity index (χ4n) is 4.59. The maximum atomic E-state index is 12.9. The summed E-state index contributed by atoms with van der Waals surface area (Å²) in [5.41, 5.74) is 0.924. The zero-order valence-electron chi connectivity index (χ0n) is 15.0. The van der Waals surface area contributed by atoms with Gasteiger partial charge in [0.2, 0.25) is 5.91 Å². The van der Waals surface area contributed by atoms with Crippen LogP contribution in [0.25, 0.3) is 0 Å². The molecule has 1 amide bonds. The predicted molar refractivity (Wildman–Crippen MR) is 95.3 cm³/mol. The Kier molecular flexibility index (Phi) is 4.88. The molecule has 3 aliphatic rings. The van der Waals surface area contributed by atoms with E-state index in [9.17, 15) is 4.79 Å². The molecule has 136 valence electrons. The highest BCUT2D eigenvalue weighted by Crippen LogP contribution is 2.35. The first-order chi connectivity index (χ1) is 12.2. The summed E-state index contributed by atoms with van der Waals surface area (Å²) in [6.45, 7) is 4.39. The van der Waals surface area contributed by atoms with Crippen molar-refractivity contribution in [2.45, 2.75) is 57.6 Å². The summed E-state index contributed by atoms with van der Waals surface area (Å²) in [6, 6.07) is 4.41. The van der Waals surface area contributed by atoms with Gasteiger partial charge in [-0.25, -0.2) is 0 Å². The first-order valence-corrected chi connectivity index (χ1v) is 9.68. The van der Waals surface area contributed by atoms with Gasteiger partial charge in [0.25, 0.3) is 0 Å². The highest BCUT2D eigenvalue weighted by molar-refractivity contribution is 5.79. The number of aryl methyl sites for hydroxylation is 1. The van der Waals surface area contributed by atoms with Gasteiger partial charge in [-0.2, -0.15) is 5.10 Å². The zero-order chi connectivity index (χ0) is 17.2. The Morgan fingerprint density at radius 2 is 2.04 bits per heavy atom. The molecule has 1 N–H and O–H groups in total. The number of carbonyl (C=O) groups excluding carboxylic acids is 1. The number of hydrogen-bond donors (Lipinski definition) is 1. The van der Waals surface area contributed by atoms with Gasteiger partial charge in [-0.3, -0.25) is 4.79 Å². The van der Waals surface area contributed by atoms with Crippen LogP contribution in [0.1, 0.15) is 44.2 Å². The van der Waals surface area contributed by atoms with Gasteiger partial charge in [-0.15, -0.1) is 5.10 Å². The number of piperidine rings is 1. The SMILES string of the molecule is Cc1ccc(N2CC[C@@H]3OCC[C@H](C(=O)NC4CCCC4)[C@@H]3C2)nn1. The largest absolute Gasteiger partial charge is 0.378 e. The van der Waals surface area contributed by atoms with Crippen molar-refractivity contribution in [1.82, 2.24) is 15.5 Å². The van der Waals surface area contributed by atoms with Crippen molar-refractivity contribution >= 4 is 11.7 Å². The molecule has 6 heteroatoms. The van der Waals surface area contributed by atoms with Gasteiger partial charge in [0.1, 0.15) is 0 Å². The Bertz CT molecular complexity index is 600. The van der Waals surface area contributed by atoms with Gasteiger partial charge >= 0.3 is 0 Å². The Labute approximate surface area is 149 Å². The minimum atomic E-state index is 0.0561. The number of anilines is 1. The molecule has 3 fully saturated rings. The lowest BCUT2D eigenvalue weighted by atomic mass is 9.79. The topological polar surface area (TPSA) is 67.3 Å². The summed E-state index contributed by atoms with van der Waals surface area (Å²) in [4.78, 5) is 15.1. The van der Waals surface area contributed by atoms with Crippen LogP contribution in [-0.4, -0.2) is 47.9 Å². The van der Waals surface area contributed by atoms with Crippen LogP contribution in [-0.2, 0) is 9.53 Å². The van der Waals surface area contributed by atoms with Gasteiger partial charge < -0.3 is 15.0 Å². The van der Waals surface area contributed by atoms with E-state index in [-0.39, 0.29) is 23.8 Å². The van der Waals surface area contributed by atoms with E-state index in [1.54, 1.807) is 0 Å². The number of rotatable bonds is 3. The molecule has 4 rings (SSSR count). The standard InChI is InChI=1S/C19H28N4O2/c1-13-6-7-18(22-21-13)23-10-8-17-16(12-23)15(9-11-25-17)19(24)20-14-4-2-3-5-14/h6-7,14-17H,2-5,8-12H2,1H3,(H,20,24)/t15-,16-,17-/m0/s1. The summed E-state index contributed by atoms with van der Waals surface area (Å²) in [5, 5.41) is 11.8. The van der Waals surface area contributed by atoms with E-state index in [4.69, 9.17) is 4.74 Å². The lowest BCUT2D eigenvalue weighted by Gasteiger charge is -2.45. The first kappa shape index (κ1) is 16.8. The van der Waals surface area contributed by atoms with Crippen LogP contribution in [0.4, 0.5) is 5.82 Å². The number of fused-ring (bicyclic) bond motifs is 1. The molecule has 1 aliphatic carbocycles. The van der Waals surface area contributed by atoms with Gasteiger partial charge in [-0.05, 0) is 44.7 Å². The van der Waals surface area contributed by atoms with Crippen LogP contribution >= 0.6 is 0 Å². The van der Waals surface area contributed by atoms with Crippen molar-refractivity contribution < 1.29 is 9.53 Å². The minimum Gasteiger partial charge on any atom is -0.378 e. The molecule has 3 atom stereocenters. The van der Waals surface area contributed by atoms with Crippen molar-refractivity contribution in [3.63, 3.8) is 0 Å². The monoisotopic (exact) mass is 344 g/mol. The average Bonchev–Trinajstić information content (AvgIpc) is 3.14. The molecule has 0 bridgehead atoms. The summed E-state index contributed by atoms with van der Waals surface area (Å²) >= 11 is 0. The molecular weight excluding hydrogens is 316 g/mol. The second-order valence-corrected chi connectivity index (χ2v) is 7.73. The molecule has 1 saturated carbocycles. The predicted octanol–water partition coefficient (Wildman–Crippen LogP) is 2.08. The van der Waals surface area contributed by atoms with Gasteiger partial charge in [-0.1, -0.05) is 12.8 Å². The van der Waals surface area contributed by atoms with E-state index in [2.05, 4.69) is 20.4 Å². The van der Waals surface area contributed by atoms with Crippen molar-refractivity contribution in [2.75, 3.05) is 24.6 Å². The first-order valence-electron chi connectivity index (χ1n) is 9.68. The molecule has 1 aromatic heterocycles. The summed E-state index contributed by atoms with van der Waals surface area (Å²) < 4.78 is 5.99. The maximum absolute atomic E-state index is 12.9. The van der Waals surface area contributed by atoms with Crippen molar-refractivity contribution in [3.05, 3.63) is 17.8 Å². The third kappa shape index (κ3) is 3.64. The molecule has 2 aliphatic heterocycles. The second-order valence-electron chi connectivity index (χ2n) is 7.73. The zero-order valence-corrected chi connectivity index (χ0v) is 15.0. The maximum Gasteiger partial charge on any atom is 0.223 e. The smallest absolute Gasteiger partial charge is 0.223 e. The molecule has 25 heavy (non-hydrogen) atoms. The fraction of sp³-hybridized carbons (Fsp3) is 0.737. The van der Waals surface area contributed by atoms with Crippen LogP contribution in [0, 0.1) is 18.8 Å². The number of ether oxygens (including phenoxy) is 1. The highest BCUT2D eigenvalue weighted by atomic mass is 16.5. The quantitative estimate of drug-likeness (QED) is 0.909. The molecule has 2 saturated heterocycles. The Morgan fingerprint density at radius 1 is 1.20 bits per heavy atom. The summed E-state index contributed by atoms with van der Waals surface area (Å²) in [5.74, 6) is 1.44. The number of nitrogens with one attached hydrogen (secondary N) is 1. The third-order valence-electron chi connectivity index (χ3n) is 6.02. The van der Waals surface area contributed by atoms with Gasteiger partial charge in [0, 0.05) is 37.6 Å². The van der Waals surface area contributed by atoms with Crippen LogP contribution in [0.3, 0.4) is 0 Å². The van der Waals surface area contributed by atoms with Gasteiger partial charge in [0.15, 0.2) is 5.82 Å². The second kappa shape index (κ2) is 7.28. The number of carbonyl (C=O) groups is 1. The Balaban J connectivity index is 1.45. The van der Waals surface area contributed by atoms with Crippen LogP contribution in [0.2, 0.25) is 0 Å². The lowest BCUT2D eigenvalue weighted by molar-refractivity contribution is -0.137. The van der Waals surface area contributed by atoms with E-state index in [1.165, 1.54) is 12.8 Å². The normalized spacial score (nSPS) is 30.1. The summed E-state index contributed by atoms with van der Waals surface area (Å²) in [6.07, 6.45) is 6.72. The molecule has 0 radical (unpaired) electrons. The fourth-order valence-corrected chi connectivity index (χ4v) is 4.59. The molecule has 0 unspecified atom stereocenters. The minimum absolute atomic E-state index is 0.0561. The van der Waals surface area contributed by atoms with Crippen molar-refractivity contribution in [1.29, 1.82) is 0 Å².